The predicted octanol–water partition coefficient (Wildman–Crippen LogP) is 4.30. The van der Waals surface area contributed by atoms with E-state index >= 15 is 0 Å². The van der Waals surface area contributed by atoms with Crippen LogP contribution in [0.15, 0.2) is 48.5 Å². The standard InChI is InChI=1S/C25H26N2O4/c1-16-22(14-19-6-9-21(31-3)15-23(19)26-16)25(29)27-12-10-18(11-13-27)24(28)17-4-7-20(30-2)8-5-17/h4-9,14-15,18H,10-13H2,1-3H3. The number of piperidine rings is 1. The van der Waals surface area contributed by atoms with Crippen molar-refractivity contribution < 1.29 is 19.1 Å². The van der Waals surface area contributed by atoms with Crippen LogP contribution in [0.2, 0.25) is 0 Å². The highest BCUT2D eigenvalue weighted by Crippen LogP contribution is 2.26. The third-order valence-corrected chi connectivity index (χ3v) is 5.97. The second-order valence-corrected chi connectivity index (χ2v) is 7.84. The number of benzene rings is 2. The van der Waals surface area contributed by atoms with E-state index in [1.165, 1.54) is 0 Å². The van der Waals surface area contributed by atoms with Gasteiger partial charge in [-0.1, -0.05) is 0 Å². The molecule has 0 N–H and O–H groups in total. The lowest BCUT2D eigenvalue weighted by Gasteiger charge is -2.31. The molecule has 6 nitrogen and oxygen atoms in total. The van der Waals surface area contributed by atoms with Gasteiger partial charge in [0.2, 0.25) is 0 Å². The summed E-state index contributed by atoms with van der Waals surface area (Å²) in [6, 6.07) is 14.8. The molecule has 0 radical (unpaired) electrons. The van der Waals surface area contributed by atoms with Crippen LogP contribution in [0.5, 0.6) is 11.5 Å². The van der Waals surface area contributed by atoms with Crippen molar-refractivity contribution in [2.75, 3.05) is 27.3 Å². The first-order valence-electron chi connectivity index (χ1n) is 10.4. The number of aromatic nitrogens is 1. The van der Waals surface area contributed by atoms with E-state index < -0.39 is 0 Å². The van der Waals surface area contributed by atoms with Gasteiger partial charge < -0.3 is 14.4 Å². The van der Waals surface area contributed by atoms with Gasteiger partial charge >= 0.3 is 0 Å². The Morgan fingerprint density at radius 2 is 1.58 bits per heavy atom. The van der Waals surface area contributed by atoms with Crippen LogP contribution in [0.1, 0.15) is 39.3 Å². The Balaban J connectivity index is 1.45. The lowest BCUT2D eigenvalue weighted by molar-refractivity contribution is 0.0649. The first kappa shape index (κ1) is 20.8. The number of hydrogen-bond donors (Lipinski definition) is 0. The molecule has 31 heavy (non-hydrogen) atoms. The summed E-state index contributed by atoms with van der Waals surface area (Å²) in [5.74, 6) is 1.50. The molecule has 0 spiro atoms. The smallest absolute Gasteiger partial charge is 0.255 e. The van der Waals surface area contributed by atoms with Crippen molar-refractivity contribution >= 4 is 22.6 Å². The molecule has 1 fully saturated rings. The Morgan fingerprint density at radius 3 is 2.23 bits per heavy atom. The maximum absolute atomic E-state index is 13.2. The van der Waals surface area contributed by atoms with Gasteiger partial charge in [-0.2, -0.15) is 0 Å². The Morgan fingerprint density at radius 1 is 0.935 bits per heavy atom. The number of rotatable bonds is 5. The Labute approximate surface area is 181 Å². The summed E-state index contributed by atoms with van der Waals surface area (Å²) in [5, 5.41) is 0.902. The van der Waals surface area contributed by atoms with Crippen molar-refractivity contribution in [2.24, 2.45) is 5.92 Å². The lowest BCUT2D eigenvalue weighted by atomic mass is 9.88. The molecular weight excluding hydrogens is 392 g/mol. The third kappa shape index (κ3) is 4.24. The van der Waals surface area contributed by atoms with Gasteiger partial charge in [-0.3, -0.25) is 14.6 Å². The van der Waals surface area contributed by atoms with E-state index in [1.54, 1.807) is 38.5 Å². The van der Waals surface area contributed by atoms with Gasteiger partial charge in [0.05, 0.1) is 31.0 Å². The van der Waals surface area contributed by atoms with E-state index in [9.17, 15) is 9.59 Å². The summed E-state index contributed by atoms with van der Waals surface area (Å²) in [5.41, 5.74) is 2.80. The molecule has 0 saturated carbocycles. The van der Waals surface area contributed by atoms with Crippen molar-refractivity contribution in [2.45, 2.75) is 19.8 Å². The van der Waals surface area contributed by atoms with Gasteiger partial charge in [0.1, 0.15) is 11.5 Å². The SMILES string of the molecule is COc1ccc(C(=O)C2CCN(C(=O)c3cc4ccc(OC)cc4nc3C)CC2)cc1. The van der Waals surface area contributed by atoms with E-state index in [0.29, 0.717) is 42.8 Å². The molecule has 2 aromatic carbocycles. The number of methoxy groups -OCH3 is 2. The number of ether oxygens (including phenoxy) is 2. The zero-order valence-corrected chi connectivity index (χ0v) is 18.1. The summed E-state index contributed by atoms with van der Waals surface area (Å²) >= 11 is 0. The number of pyridine rings is 1. The van der Waals surface area contributed by atoms with Gasteiger partial charge in [-0.25, -0.2) is 0 Å². The van der Waals surface area contributed by atoms with Gasteiger partial charge in [0.25, 0.3) is 5.91 Å². The number of carbonyl (C=O) groups is 2. The minimum Gasteiger partial charge on any atom is -0.497 e. The second-order valence-electron chi connectivity index (χ2n) is 7.84. The molecule has 1 aliphatic heterocycles. The monoisotopic (exact) mass is 418 g/mol. The van der Waals surface area contributed by atoms with E-state index in [2.05, 4.69) is 4.98 Å². The molecule has 0 unspecified atom stereocenters. The Kier molecular flexibility index (Phi) is 5.89. The number of Topliss-reactive ketones (excluding diaryl/α,β-unsaturated/α-hetero) is 1. The number of ketones is 1. The number of nitrogens with zero attached hydrogens (tertiary/aromatic N) is 2. The lowest BCUT2D eigenvalue weighted by Crippen LogP contribution is -2.40. The van der Waals surface area contributed by atoms with Crippen LogP contribution in [-0.4, -0.2) is 48.9 Å². The molecule has 0 bridgehead atoms. The maximum Gasteiger partial charge on any atom is 0.255 e. The zero-order valence-electron chi connectivity index (χ0n) is 18.1. The highest BCUT2D eigenvalue weighted by Gasteiger charge is 2.29. The molecule has 2 heterocycles. The molecule has 4 rings (SSSR count). The van der Waals surface area contributed by atoms with Crippen molar-refractivity contribution in [1.82, 2.24) is 9.88 Å². The largest absolute Gasteiger partial charge is 0.497 e. The molecule has 6 heteroatoms. The molecule has 3 aromatic rings. The number of aryl methyl sites for hydroxylation is 1. The molecule has 1 aliphatic rings. The topological polar surface area (TPSA) is 68.7 Å². The average Bonchev–Trinajstić information content (AvgIpc) is 2.82. The quantitative estimate of drug-likeness (QED) is 0.578. The number of likely N-dealkylation sites (tertiary alicyclic amines) is 1. The van der Waals surface area contributed by atoms with Crippen molar-refractivity contribution in [3.8, 4) is 11.5 Å². The molecule has 1 aromatic heterocycles. The van der Waals surface area contributed by atoms with Crippen LogP contribution >= 0.6 is 0 Å². The third-order valence-electron chi connectivity index (χ3n) is 5.97. The molecule has 160 valence electrons. The molecular formula is C25H26N2O4. The van der Waals surface area contributed by atoms with Gasteiger partial charge in [0, 0.05) is 36.0 Å². The van der Waals surface area contributed by atoms with Gasteiger partial charge in [-0.05, 0) is 62.2 Å². The fourth-order valence-corrected chi connectivity index (χ4v) is 4.09. The number of hydrogen-bond acceptors (Lipinski definition) is 5. The molecule has 1 saturated heterocycles. The van der Waals surface area contributed by atoms with E-state index in [0.717, 1.165) is 22.4 Å². The summed E-state index contributed by atoms with van der Waals surface area (Å²) in [6.45, 7) is 2.98. The fourth-order valence-electron chi connectivity index (χ4n) is 4.09. The van der Waals surface area contributed by atoms with E-state index in [1.807, 2.05) is 36.1 Å². The average molecular weight is 418 g/mol. The molecule has 0 atom stereocenters. The van der Waals surface area contributed by atoms with Crippen molar-refractivity contribution in [3.63, 3.8) is 0 Å². The Bertz CT molecular complexity index is 1120. The fraction of sp³-hybridized carbons (Fsp3) is 0.320. The Hall–Kier alpha value is -3.41. The number of carbonyl (C=O) groups excluding carboxylic acids is 2. The first-order valence-corrected chi connectivity index (χ1v) is 10.4. The second kappa shape index (κ2) is 8.76. The minimum atomic E-state index is -0.0688. The van der Waals surface area contributed by atoms with Crippen molar-refractivity contribution in [1.29, 1.82) is 0 Å². The predicted molar refractivity (Wildman–Crippen MR) is 119 cm³/mol. The molecule has 1 amide bonds. The van der Waals surface area contributed by atoms with Crippen LogP contribution in [0.25, 0.3) is 10.9 Å². The summed E-state index contributed by atoms with van der Waals surface area (Å²) < 4.78 is 10.4. The normalized spacial score (nSPS) is 14.5. The summed E-state index contributed by atoms with van der Waals surface area (Å²) in [4.78, 5) is 32.4. The van der Waals surface area contributed by atoms with Gasteiger partial charge in [-0.15, -0.1) is 0 Å². The van der Waals surface area contributed by atoms with Crippen LogP contribution in [-0.2, 0) is 0 Å². The maximum atomic E-state index is 13.2. The highest BCUT2D eigenvalue weighted by atomic mass is 16.5. The van der Waals surface area contributed by atoms with E-state index in [4.69, 9.17) is 9.47 Å². The van der Waals surface area contributed by atoms with Crippen LogP contribution < -0.4 is 9.47 Å². The summed E-state index contributed by atoms with van der Waals surface area (Å²) in [6.07, 6.45) is 1.32. The summed E-state index contributed by atoms with van der Waals surface area (Å²) in [7, 11) is 3.22. The van der Waals surface area contributed by atoms with Crippen LogP contribution in [0, 0.1) is 12.8 Å². The zero-order chi connectivity index (χ0) is 22.0. The first-order chi connectivity index (χ1) is 15.0. The van der Waals surface area contributed by atoms with Crippen LogP contribution in [0.4, 0.5) is 0 Å². The number of fused-ring (bicyclic) bond motifs is 1. The number of amides is 1. The minimum absolute atomic E-state index is 0.0296. The molecule has 0 aliphatic carbocycles. The van der Waals surface area contributed by atoms with Crippen LogP contribution in [0.3, 0.4) is 0 Å². The highest BCUT2D eigenvalue weighted by molar-refractivity contribution is 6.00. The van der Waals surface area contributed by atoms with Gasteiger partial charge in [0.15, 0.2) is 5.78 Å². The van der Waals surface area contributed by atoms with E-state index in [-0.39, 0.29) is 17.6 Å². The van der Waals surface area contributed by atoms with Crippen molar-refractivity contribution in [3.05, 3.63) is 65.4 Å².